The fraction of sp³-hybridized carbons (Fsp3) is 0.818. The van der Waals surface area contributed by atoms with Gasteiger partial charge in [0.1, 0.15) is 23.4 Å². The molecule has 156 valence electrons. The van der Waals surface area contributed by atoms with Gasteiger partial charge in [0.25, 0.3) is 0 Å². The number of rotatable bonds is 3. The summed E-state index contributed by atoms with van der Waals surface area (Å²) in [4.78, 5) is 25.2. The number of fused-ring (bicyclic) bond motifs is 4. The highest BCUT2D eigenvalue weighted by molar-refractivity contribution is 5.81. The molecule has 0 aromatic heterocycles. The van der Waals surface area contributed by atoms with Gasteiger partial charge in [-0.3, -0.25) is 9.59 Å². The van der Waals surface area contributed by atoms with Crippen molar-refractivity contribution in [1.82, 2.24) is 0 Å². The van der Waals surface area contributed by atoms with Gasteiger partial charge in [0.2, 0.25) is 0 Å². The molecule has 6 nitrogen and oxygen atoms in total. The average molecular weight is 392 g/mol. The van der Waals surface area contributed by atoms with E-state index >= 15 is 0 Å². The lowest BCUT2D eigenvalue weighted by Crippen LogP contribution is -2.65. The third-order valence-electron chi connectivity index (χ3n) is 8.72. The van der Waals surface area contributed by atoms with Gasteiger partial charge >= 0.3 is 11.9 Å². The van der Waals surface area contributed by atoms with E-state index in [-0.39, 0.29) is 36.0 Å². The maximum Gasteiger partial charge on any atom is 0.313 e. The first-order chi connectivity index (χ1) is 12.9. The second-order valence-corrected chi connectivity index (χ2v) is 9.93. The second-order valence-electron chi connectivity index (χ2n) is 9.93. The van der Waals surface area contributed by atoms with Crippen molar-refractivity contribution in [3.05, 3.63) is 12.7 Å². The van der Waals surface area contributed by atoms with E-state index in [0.717, 1.165) is 12.8 Å². The normalized spacial score (nSPS) is 51.5. The molecule has 0 bridgehead atoms. The van der Waals surface area contributed by atoms with Crippen LogP contribution in [0.25, 0.3) is 0 Å². The average Bonchev–Trinajstić information content (AvgIpc) is 3.17. The minimum atomic E-state index is -1.28. The Kier molecular flexibility index (Phi) is 4.13. The molecule has 6 heteroatoms. The van der Waals surface area contributed by atoms with E-state index in [1.807, 2.05) is 6.92 Å². The number of carbonyl (C=O) groups is 2. The zero-order chi connectivity index (χ0) is 20.7. The Morgan fingerprint density at radius 2 is 2.07 bits per heavy atom. The maximum absolute atomic E-state index is 13.4. The first-order valence-corrected chi connectivity index (χ1v) is 10.4. The van der Waals surface area contributed by atoms with Crippen LogP contribution in [0.5, 0.6) is 0 Å². The van der Waals surface area contributed by atoms with Crippen LogP contribution >= 0.6 is 0 Å². The molecule has 2 aliphatic heterocycles. The minimum absolute atomic E-state index is 0.0352. The van der Waals surface area contributed by atoms with Crippen LogP contribution in [-0.4, -0.2) is 46.6 Å². The van der Waals surface area contributed by atoms with Crippen LogP contribution in [0, 0.1) is 22.7 Å². The summed E-state index contributed by atoms with van der Waals surface area (Å²) in [7, 11) is 0. The van der Waals surface area contributed by atoms with Crippen molar-refractivity contribution in [2.24, 2.45) is 22.7 Å². The molecule has 2 heterocycles. The highest BCUT2D eigenvalue weighted by atomic mass is 16.6. The molecule has 1 N–H and O–H groups in total. The van der Waals surface area contributed by atoms with Gasteiger partial charge in [-0.25, -0.2) is 0 Å². The van der Waals surface area contributed by atoms with Crippen LogP contribution in [0.15, 0.2) is 12.7 Å². The molecule has 2 saturated heterocycles. The predicted molar refractivity (Wildman–Crippen MR) is 101 cm³/mol. The van der Waals surface area contributed by atoms with E-state index in [2.05, 4.69) is 20.4 Å². The molecule has 9 atom stereocenters. The summed E-state index contributed by atoms with van der Waals surface area (Å²) in [6.07, 6.45) is 3.38. The Balaban J connectivity index is 1.79. The molecule has 2 aliphatic carbocycles. The first-order valence-electron chi connectivity index (χ1n) is 10.4. The van der Waals surface area contributed by atoms with Crippen LogP contribution < -0.4 is 0 Å². The van der Waals surface area contributed by atoms with Gasteiger partial charge in [0, 0.05) is 18.8 Å². The van der Waals surface area contributed by atoms with Crippen LogP contribution in [0.1, 0.15) is 60.3 Å². The molecule has 1 spiro atoms. The standard InChI is InChI=1S/C22H32O6/c1-7-19(4,25)17-11-22(18(24)27-17)12(2)10-16(26-13(3)23)20(5)14(22)8-9-15-21(20,6)28-15/h7,12,14-17,25H,1,8-11H2,2-6H3. The second kappa shape index (κ2) is 5.82. The lowest BCUT2D eigenvalue weighted by Gasteiger charge is -2.59. The summed E-state index contributed by atoms with van der Waals surface area (Å²) in [6, 6.07) is 0. The summed E-state index contributed by atoms with van der Waals surface area (Å²) in [5, 5.41) is 10.7. The van der Waals surface area contributed by atoms with Crippen molar-refractivity contribution in [3.8, 4) is 0 Å². The Labute approximate surface area is 166 Å². The van der Waals surface area contributed by atoms with Crippen molar-refractivity contribution in [3.63, 3.8) is 0 Å². The number of esters is 2. The number of carbonyl (C=O) groups excluding carboxylic acids is 2. The fourth-order valence-corrected chi connectivity index (χ4v) is 6.68. The molecule has 4 aliphatic rings. The fourth-order valence-electron chi connectivity index (χ4n) is 6.68. The molecule has 4 fully saturated rings. The monoisotopic (exact) mass is 392 g/mol. The maximum atomic E-state index is 13.4. The Hall–Kier alpha value is -1.40. The summed E-state index contributed by atoms with van der Waals surface area (Å²) in [5.41, 5.74) is -2.90. The quantitative estimate of drug-likeness (QED) is 0.452. The van der Waals surface area contributed by atoms with Crippen LogP contribution in [-0.2, 0) is 23.8 Å². The number of cyclic esters (lactones) is 1. The van der Waals surface area contributed by atoms with E-state index in [1.54, 1.807) is 6.92 Å². The number of hydrogen-bond donors (Lipinski definition) is 1. The lowest BCUT2D eigenvalue weighted by molar-refractivity contribution is -0.202. The minimum Gasteiger partial charge on any atom is -0.462 e. The molecule has 28 heavy (non-hydrogen) atoms. The lowest BCUT2D eigenvalue weighted by atomic mass is 9.43. The highest BCUT2D eigenvalue weighted by Gasteiger charge is 2.79. The van der Waals surface area contributed by atoms with Gasteiger partial charge in [-0.05, 0) is 44.9 Å². The summed E-state index contributed by atoms with van der Waals surface area (Å²) >= 11 is 0. The zero-order valence-electron chi connectivity index (χ0n) is 17.5. The Morgan fingerprint density at radius 1 is 1.39 bits per heavy atom. The largest absolute Gasteiger partial charge is 0.462 e. The molecular formula is C22H32O6. The molecule has 4 rings (SSSR count). The Bertz CT molecular complexity index is 731. The SMILES string of the molecule is C=CC(C)(O)C1CC2(C(=O)O1)C(C)CC(OC(C)=O)C1(C)C2CCC2OC21C. The number of hydrogen-bond acceptors (Lipinski definition) is 6. The molecule has 0 aromatic rings. The van der Waals surface area contributed by atoms with Gasteiger partial charge in [0.05, 0.1) is 11.5 Å². The predicted octanol–water partition coefficient (Wildman–Crippen LogP) is 2.77. The summed E-state index contributed by atoms with van der Waals surface area (Å²) in [5.74, 6) is -0.629. The highest BCUT2D eigenvalue weighted by Crippen LogP contribution is 2.72. The smallest absolute Gasteiger partial charge is 0.313 e. The van der Waals surface area contributed by atoms with Crippen molar-refractivity contribution in [2.75, 3.05) is 0 Å². The van der Waals surface area contributed by atoms with Crippen molar-refractivity contribution >= 4 is 11.9 Å². The summed E-state index contributed by atoms with van der Waals surface area (Å²) < 4.78 is 17.7. The van der Waals surface area contributed by atoms with Crippen LogP contribution in [0.3, 0.4) is 0 Å². The van der Waals surface area contributed by atoms with Gasteiger partial charge in [-0.2, -0.15) is 0 Å². The van der Waals surface area contributed by atoms with E-state index < -0.39 is 28.1 Å². The van der Waals surface area contributed by atoms with Crippen molar-refractivity contribution < 1.29 is 28.9 Å². The molecule has 9 unspecified atom stereocenters. The van der Waals surface area contributed by atoms with Crippen LogP contribution in [0.2, 0.25) is 0 Å². The first kappa shape index (κ1) is 19.9. The Morgan fingerprint density at radius 3 is 2.68 bits per heavy atom. The third-order valence-corrected chi connectivity index (χ3v) is 8.72. The number of epoxide rings is 1. The van der Waals surface area contributed by atoms with Gasteiger partial charge in [0.15, 0.2) is 0 Å². The van der Waals surface area contributed by atoms with E-state index in [4.69, 9.17) is 14.2 Å². The summed E-state index contributed by atoms with van der Waals surface area (Å²) in [6.45, 7) is 13.0. The molecular weight excluding hydrogens is 360 g/mol. The van der Waals surface area contributed by atoms with E-state index in [0.29, 0.717) is 12.8 Å². The topological polar surface area (TPSA) is 85.4 Å². The molecule has 0 amide bonds. The van der Waals surface area contributed by atoms with E-state index in [1.165, 1.54) is 13.0 Å². The van der Waals surface area contributed by atoms with Gasteiger partial charge < -0.3 is 19.3 Å². The molecule has 2 saturated carbocycles. The van der Waals surface area contributed by atoms with Gasteiger partial charge in [-0.1, -0.05) is 19.9 Å². The van der Waals surface area contributed by atoms with Gasteiger partial charge in [-0.15, -0.1) is 6.58 Å². The molecule has 0 aromatic carbocycles. The molecule has 0 radical (unpaired) electrons. The van der Waals surface area contributed by atoms with Crippen molar-refractivity contribution in [1.29, 1.82) is 0 Å². The van der Waals surface area contributed by atoms with Crippen molar-refractivity contribution in [2.45, 2.75) is 89.8 Å². The number of ether oxygens (including phenoxy) is 3. The van der Waals surface area contributed by atoms with Crippen LogP contribution in [0.4, 0.5) is 0 Å². The zero-order valence-corrected chi connectivity index (χ0v) is 17.5. The number of aliphatic hydroxyl groups is 1. The van der Waals surface area contributed by atoms with E-state index in [9.17, 15) is 14.7 Å². The third kappa shape index (κ3) is 2.28.